The Balaban J connectivity index is 2.28. The largest absolute Gasteiger partial charge is 0.420 e. The molecule has 3 nitrogen and oxygen atoms in total. The van der Waals surface area contributed by atoms with Crippen molar-refractivity contribution in [3.63, 3.8) is 0 Å². The van der Waals surface area contributed by atoms with Crippen LogP contribution in [-0.2, 0) is 0 Å². The number of esters is 1. The molecule has 0 spiro atoms. The lowest BCUT2D eigenvalue weighted by Gasteiger charge is -2.08. The van der Waals surface area contributed by atoms with Gasteiger partial charge >= 0.3 is 5.97 Å². The second kappa shape index (κ2) is 5.57. The van der Waals surface area contributed by atoms with Crippen LogP contribution in [-0.4, -0.2) is 11.0 Å². The zero-order chi connectivity index (χ0) is 13.1. The van der Waals surface area contributed by atoms with Gasteiger partial charge in [0.2, 0.25) is 0 Å². The van der Waals surface area contributed by atoms with Gasteiger partial charge in [0.15, 0.2) is 5.75 Å². The van der Waals surface area contributed by atoms with E-state index in [2.05, 4.69) is 4.98 Å². The molecule has 0 amide bonds. The number of ether oxygens (including phenoxy) is 1. The van der Waals surface area contributed by atoms with Crippen molar-refractivity contribution in [3.8, 4) is 5.75 Å². The fraction of sp³-hybridized carbons (Fsp3) is 0. The van der Waals surface area contributed by atoms with Gasteiger partial charge in [-0.1, -0.05) is 34.8 Å². The van der Waals surface area contributed by atoms with Crippen LogP contribution in [0.3, 0.4) is 0 Å². The molecule has 92 valence electrons. The molecule has 18 heavy (non-hydrogen) atoms. The zero-order valence-electron chi connectivity index (χ0n) is 8.86. The average molecular weight is 303 g/mol. The minimum atomic E-state index is -0.566. The molecule has 1 aromatic carbocycles. The summed E-state index contributed by atoms with van der Waals surface area (Å²) in [4.78, 5) is 15.6. The molecular weight excluding hydrogens is 296 g/mol. The van der Waals surface area contributed by atoms with E-state index in [-0.39, 0.29) is 15.8 Å². The van der Waals surface area contributed by atoms with E-state index >= 15 is 0 Å². The van der Waals surface area contributed by atoms with Gasteiger partial charge < -0.3 is 4.74 Å². The maximum absolute atomic E-state index is 11.8. The molecule has 0 saturated carbocycles. The van der Waals surface area contributed by atoms with Crippen LogP contribution in [0.5, 0.6) is 5.75 Å². The van der Waals surface area contributed by atoms with Crippen molar-refractivity contribution in [2.75, 3.05) is 0 Å². The SMILES string of the molecule is O=C(Oc1c(Cl)cc(Cl)cc1Cl)c1ccncc1. The normalized spacial score (nSPS) is 10.2. The van der Waals surface area contributed by atoms with E-state index in [1.165, 1.54) is 36.7 Å². The molecular formula is C12H6Cl3NO2. The highest BCUT2D eigenvalue weighted by atomic mass is 35.5. The van der Waals surface area contributed by atoms with Gasteiger partial charge in [0.05, 0.1) is 15.6 Å². The summed E-state index contributed by atoms with van der Waals surface area (Å²) in [6.45, 7) is 0. The first-order valence-corrected chi connectivity index (χ1v) is 5.98. The van der Waals surface area contributed by atoms with Gasteiger partial charge in [-0.05, 0) is 24.3 Å². The Morgan fingerprint density at radius 1 is 1.06 bits per heavy atom. The first kappa shape index (κ1) is 13.1. The van der Waals surface area contributed by atoms with Gasteiger partial charge in [-0.15, -0.1) is 0 Å². The van der Waals surface area contributed by atoms with Crippen LogP contribution in [0.15, 0.2) is 36.7 Å². The number of carbonyl (C=O) groups is 1. The Morgan fingerprint density at radius 2 is 1.61 bits per heavy atom. The van der Waals surface area contributed by atoms with Crippen molar-refractivity contribution < 1.29 is 9.53 Å². The number of halogens is 3. The fourth-order valence-electron chi connectivity index (χ4n) is 1.27. The molecule has 2 aromatic rings. The third kappa shape index (κ3) is 2.93. The predicted molar refractivity (Wildman–Crippen MR) is 70.7 cm³/mol. The maximum atomic E-state index is 11.8. The van der Waals surface area contributed by atoms with Gasteiger partial charge in [0, 0.05) is 17.4 Å². The highest BCUT2D eigenvalue weighted by molar-refractivity contribution is 6.40. The molecule has 0 N–H and O–H groups in total. The molecule has 0 radical (unpaired) electrons. The summed E-state index contributed by atoms with van der Waals surface area (Å²) in [5.74, 6) is -0.479. The molecule has 1 heterocycles. The number of benzene rings is 1. The molecule has 2 rings (SSSR count). The van der Waals surface area contributed by atoms with Crippen LogP contribution in [0.4, 0.5) is 0 Å². The monoisotopic (exact) mass is 301 g/mol. The zero-order valence-corrected chi connectivity index (χ0v) is 11.1. The number of rotatable bonds is 2. The second-order valence-corrected chi connectivity index (χ2v) is 4.57. The lowest BCUT2D eigenvalue weighted by Crippen LogP contribution is -2.09. The topological polar surface area (TPSA) is 39.2 Å². The number of carbonyl (C=O) groups excluding carboxylic acids is 1. The number of pyridine rings is 1. The van der Waals surface area contributed by atoms with E-state index in [0.29, 0.717) is 10.6 Å². The standard InChI is InChI=1S/C12H6Cl3NO2/c13-8-5-9(14)11(10(15)6-8)18-12(17)7-1-3-16-4-2-7/h1-6H. The predicted octanol–water partition coefficient (Wildman–Crippen LogP) is 4.26. The fourth-order valence-corrected chi connectivity index (χ4v) is 2.16. The van der Waals surface area contributed by atoms with Gasteiger partial charge in [-0.25, -0.2) is 4.79 Å². The van der Waals surface area contributed by atoms with E-state index in [1.54, 1.807) is 0 Å². The third-order valence-corrected chi connectivity index (χ3v) is 2.85. The summed E-state index contributed by atoms with van der Waals surface area (Å²) in [6.07, 6.45) is 2.98. The Labute approximate surface area is 118 Å². The van der Waals surface area contributed by atoms with E-state index in [0.717, 1.165) is 0 Å². The summed E-state index contributed by atoms with van der Waals surface area (Å²) in [5.41, 5.74) is 0.354. The van der Waals surface area contributed by atoms with E-state index in [4.69, 9.17) is 39.5 Å². The van der Waals surface area contributed by atoms with Gasteiger partial charge in [-0.2, -0.15) is 0 Å². The van der Waals surface area contributed by atoms with Gasteiger partial charge in [-0.3, -0.25) is 4.98 Å². The van der Waals surface area contributed by atoms with Crippen LogP contribution >= 0.6 is 34.8 Å². The van der Waals surface area contributed by atoms with Crippen molar-refractivity contribution in [2.24, 2.45) is 0 Å². The van der Waals surface area contributed by atoms with Crippen molar-refractivity contribution in [3.05, 3.63) is 57.3 Å². The molecule has 0 aliphatic heterocycles. The first-order chi connectivity index (χ1) is 8.58. The highest BCUT2D eigenvalue weighted by Gasteiger charge is 2.15. The highest BCUT2D eigenvalue weighted by Crippen LogP contribution is 2.36. The Morgan fingerprint density at radius 3 is 2.17 bits per heavy atom. The molecule has 1 aromatic heterocycles. The van der Waals surface area contributed by atoms with Crippen molar-refractivity contribution in [2.45, 2.75) is 0 Å². The van der Waals surface area contributed by atoms with E-state index in [9.17, 15) is 4.79 Å². The van der Waals surface area contributed by atoms with Gasteiger partial charge in [0.25, 0.3) is 0 Å². The molecule has 0 aliphatic rings. The van der Waals surface area contributed by atoms with Crippen LogP contribution in [0.2, 0.25) is 15.1 Å². The number of hydrogen-bond donors (Lipinski definition) is 0. The van der Waals surface area contributed by atoms with Crippen LogP contribution in [0, 0.1) is 0 Å². The summed E-state index contributed by atoms with van der Waals surface area (Å²) in [7, 11) is 0. The minimum absolute atomic E-state index is 0.0875. The molecule has 0 fully saturated rings. The van der Waals surface area contributed by atoms with E-state index < -0.39 is 5.97 Å². The van der Waals surface area contributed by atoms with Crippen molar-refractivity contribution in [1.29, 1.82) is 0 Å². The van der Waals surface area contributed by atoms with Crippen LogP contribution in [0.1, 0.15) is 10.4 Å². The number of nitrogens with zero attached hydrogens (tertiary/aromatic N) is 1. The van der Waals surface area contributed by atoms with Crippen molar-refractivity contribution >= 4 is 40.8 Å². The van der Waals surface area contributed by atoms with Crippen LogP contribution in [0.25, 0.3) is 0 Å². The molecule has 0 atom stereocenters. The lowest BCUT2D eigenvalue weighted by atomic mass is 10.3. The quantitative estimate of drug-likeness (QED) is 0.614. The molecule has 0 unspecified atom stereocenters. The Bertz CT molecular complexity index is 564. The lowest BCUT2D eigenvalue weighted by molar-refractivity contribution is 0.0735. The molecule has 0 bridgehead atoms. The van der Waals surface area contributed by atoms with Crippen molar-refractivity contribution in [1.82, 2.24) is 4.98 Å². The molecule has 6 heteroatoms. The van der Waals surface area contributed by atoms with Crippen LogP contribution < -0.4 is 4.74 Å². The molecule has 0 saturated heterocycles. The third-order valence-electron chi connectivity index (χ3n) is 2.07. The second-order valence-electron chi connectivity index (χ2n) is 3.32. The Hall–Kier alpha value is -1.29. The summed E-state index contributed by atoms with van der Waals surface area (Å²) < 4.78 is 5.13. The Kier molecular flexibility index (Phi) is 4.07. The number of hydrogen-bond acceptors (Lipinski definition) is 3. The smallest absolute Gasteiger partial charge is 0.343 e. The summed E-state index contributed by atoms with van der Waals surface area (Å²) >= 11 is 17.6. The van der Waals surface area contributed by atoms with Gasteiger partial charge in [0.1, 0.15) is 0 Å². The minimum Gasteiger partial charge on any atom is -0.420 e. The summed E-state index contributed by atoms with van der Waals surface area (Å²) in [6, 6.07) is 5.95. The number of aromatic nitrogens is 1. The first-order valence-electron chi connectivity index (χ1n) is 4.84. The molecule has 0 aliphatic carbocycles. The summed E-state index contributed by atoms with van der Waals surface area (Å²) in [5, 5.41) is 0.721. The van der Waals surface area contributed by atoms with E-state index in [1.807, 2.05) is 0 Å². The maximum Gasteiger partial charge on any atom is 0.343 e. The average Bonchev–Trinajstić information content (AvgIpc) is 2.34.